The van der Waals surface area contributed by atoms with Crippen LogP contribution in [0.4, 0.5) is 0 Å². The second kappa shape index (κ2) is 6.44. The fourth-order valence-electron chi connectivity index (χ4n) is 2.95. The van der Waals surface area contributed by atoms with Gasteiger partial charge in [0.2, 0.25) is 0 Å². The Morgan fingerprint density at radius 3 is 2.60 bits per heavy atom. The van der Waals surface area contributed by atoms with Gasteiger partial charge in [-0.25, -0.2) is 0 Å². The van der Waals surface area contributed by atoms with Gasteiger partial charge in [0.15, 0.2) is 0 Å². The molecule has 1 aromatic heterocycles. The maximum Gasteiger partial charge on any atom is 0.306 e. The molecule has 0 aliphatic rings. The summed E-state index contributed by atoms with van der Waals surface area (Å²) >= 11 is 0. The van der Waals surface area contributed by atoms with E-state index >= 15 is 0 Å². The SMILES string of the molecule is Cc1cc(C(C)Cn2ccc3cc(OS(C)(=O)=O)ccc32)ccc1O. The number of benzene rings is 2. The zero-order chi connectivity index (χ0) is 18.2. The van der Waals surface area contributed by atoms with E-state index in [1.54, 1.807) is 18.2 Å². The standard InChI is InChI=1S/C19H21NO4S/c1-13-10-15(4-7-19(13)21)14(2)12-20-9-8-16-11-17(5-6-18(16)20)24-25(3,22)23/h4-11,14,21H,12H2,1-3H3. The summed E-state index contributed by atoms with van der Waals surface area (Å²) in [5, 5.41) is 10.6. The van der Waals surface area contributed by atoms with Crippen LogP contribution in [0.1, 0.15) is 24.0 Å². The molecule has 0 amide bonds. The lowest BCUT2D eigenvalue weighted by Gasteiger charge is -2.15. The van der Waals surface area contributed by atoms with Crippen LogP contribution in [0.25, 0.3) is 10.9 Å². The Bertz CT molecular complexity index is 1020. The van der Waals surface area contributed by atoms with E-state index in [0.29, 0.717) is 11.5 Å². The lowest BCUT2D eigenvalue weighted by Crippen LogP contribution is -2.06. The molecule has 0 radical (unpaired) electrons. The van der Waals surface area contributed by atoms with Crippen LogP contribution in [0.2, 0.25) is 0 Å². The summed E-state index contributed by atoms with van der Waals surface area (Å²) in [7, 11) is -3.53. The van der Waals surface area contributed by atoms with Crippen molar-refractivity contribution in [3.8, 4) is 11.5 Å². The number of aromatic hydroxyl groups is 1. The highest BCUT2D eigenvalue weighted by Crippen LogP contribution is 2.27. The first-order valence-corrected chi connectivity index (χ1v) is 9.82. The number of phenolic OH excluding ortho intramolecular Hbond substituents is 1. The van der Waals surface area contributed by atoms with Gasteiger partial charge in [0.05, 0.1) is 6.26 Å². The van der Waals surface area contributed by atoms with E-state index in [1.807, 2.05) is 37.4 Å². The van der Waals surface area contributed by atoms with E-state index < -0.39 is 10.1 Å². The van der Waals surface area contributed by atoms with Gasteiger partial charge < -0.3 is 13.9 Å². The smallest absolute Gasteiger partial charge is 0.306 e. The van der Waals surface area contributed by atoms with Crippen molar-refractivity contribution < 1.29 is 17.7 Å². The molecule has 5 nitrogen and oxygen atoms in total. The van der Waals surface area contributed by atoms with E-state index in [9.17, 15) is 13.5 Å². The van der Waals surface area contributed by atoms with Crippen LogP contribution in [0.15, 0.2) is 48.7 Å². The number of hydrogen-bond acceptors (Lipinski definition) is 4. The number of aryl methyl sites for hydroxylation is 1. The molecule has 2 aromatic carbocycles. The average Bonchev–Trinajstić information content (AvgIpc) is 2.90. The lowest BCUT2D eigenvalue weighted by molar-refractivity contribution is 0.470. The van der Waals surface area contributed by atoms with E-state index in [4.69, 9.17) is 4.18 Å². The van der Waals surface area contributed by atoms with Crippen LogP contribution in [0, 0.1) is 6.92 Å². The average molecular weight is 359 g/mol. The van der Waals surface area contributed by atoms with Crippen LogP contribution in [0.3, 0.4) is 0 Å². The van der Waals surface area contributed by atoms with Crippen molar-refractivity contribution in [2.75, 3.05) is 6.26 Å². The van der Waals surface area contributed by atoms with Crippen molar-refractivity contribution in [1.82, 2.24) is 4.57 Å². The number of rotatable bonds is 5. The first-order valence-electron chi connectivity index (χ1n) is 8.01. The number of aromatic nitrogens is 1. The molecule has 6 heteroatoms. The molecule has 0 aliphatic carbocycles. The minimum atomic E-state index is -3.53. The van der Waals surface area contributed by atoms with E-state index in [-0.39, 0.29) is 5.92 Å². The van der Waals surface area contributed by atoms with Crippen LogP contribution in [-0.4, -0.2) is 24.3 Å². The van der Waals surface area contributed by atoms with Crippen molar-refractivity contribution in [3.63, 3.8) is 0 Å². The summed E-state index contributed by atoms with van der Waals surface area (Å²) in [4.78, 5) is 0. The monoisotopic (exact) mass is 359 g/mol. The molecule has 0 fully saturated rings. The normalized spacial score (nSPS) is 13.1. The Morgan fingerprint density at radius 1 is 1.16 bits per heavy atom. The number of phenols is 1. The van der Waals surface area contributed by atoms with Crippen LogP contribution < -0.4 is 4.18 Å². The molecule has 132 valence electrons. The fourth-order valence-corrected chi connectivity index (χ4v) is 3.40. The van der Waals surface area contributed by atoms with Crippen LogP contribution in [0.5, 0.6) is 11.5 Å². The van der Waals surface area contributed by atoms with Gasteiger partial charge in [-0.15, -0.1) is 0 Å². The second-order valence-electron chi connectivity index (χ2n) is 6.42. The van der Waals surface area contributed by atoms with Gasteiger partial charge in [0, 0.05) is 23.6 Å². The largest absolute Gasteiger partial charge is 0.508 e. The molecule has 3 aromatic rings. The van der Waals surface area contributed by atoms with Crippen LogP contribution in [-0.2, 0) is 16.7 Å². The molecule has 0 saturated carbocycles. The van der Waals surface area contributed by atoms with E-state index in [0.717, 1.165) is 34.8 Å². The molecule has 0 saturated heterocycles. The highest BCUT2D eigenvalue weighted by molar-refractivity contribution is 7.86. The van der Waals surface area contributed by atoms with Crippen molar-refractivity contribution in [2.45, 2.75) is 26.3 Å². The van der Waals surface area contributed by atoms with Crippen molar-refractivity contribution in [3.05, 3.63) is 59.8 Å². The Morgan fingerprint density at radius 2 is 1.92 bits per heavy atom. The van der Waals surface area contributed by atoms with Crippen molar-refractivity contribution >= 4 is 21.0 Å². The first-order chi connectivity index (χ1) is 11.7. The van der Waals surface area contributed by atoms with Gasteiger partial charge in [-0.05, 0) is 54.3 Å². The lowest BCUT2D eigenvalue weighted by atomic mass is 9.99. The van der Waals surface area contributed by atoms with E-state index in [2.05, 4.69) is 11.5 Å². The van der Waals surface area contributed by atoms with Gasteiger partial charge in [-0.1, -0.05) is 19.1 Å². The molecule has 1 N–H and O–H groups in total. The summed E-state index contributed by atoms with van der Waals surface area (Å²) in [6, 6.07) is 12.9. The molecule has 0 bridgehead atoms. The van der Waals surface area contributed by atoms with Gasteiger partial charge in [0.25, 0.3) is 0 Å². The summed E-state index contributed by atoms with van der Waals surface area (Å²) in [6.45, 7) is 4.80. The van der Waals surface area contributed by atoms with Crippen molar-refractivity contribution in [1.29, 1.82) is 0 Å². The maximum absolute atomic E-state index is 11.3. The zero-order valence-corrected chi connectivity index (χ0v) is 15.2. The Labute approximate surface area is 147 Å². The quantitative estimate of drug-likeness (QED) is 0.704. The Balaban J connectivity index is 1.85. The topological polar surface area (TPSA) is 68.5 Å². The second-order valence-corrected chi connectivity index (χ2v) is 8.00. The minimum Gasteiger partial charge on any atom is -0.508 e. The highest BCUT2D eigenvalue weighted by atomic mass is 32.2. The predicted molar refractivity (Wildman–Crippen MR) is 98.7 cm³/mol. The number of fused-ring (bicyclic) bond motifs is 1. The highest BCUT2D eigenvalue weighted by Gasteiger charge is 2.11. The molecule has 25 heavy (non-hydrogen) atoms. The molecular weight excluding hydrogens is 338 g/mol. The minimum absolute atomic E-state index is 0.266. The van der Waals surface area contributed by atoms with Crippen LogP contribution >= 0.6 is 0 Å². The molecule has 1 atom stereocenters. The van der Waals surface area contributed by atoms with Gasteiger partial charge >= 0.3 is 10.1 Å². The third-order valence-corrected chi connectivity index (χ3v) is 4.75. The number of hydrogen-bond donors (Lipinski definition) is 1. The summed E-state index contributed by atoms with van der Waals surface area (Å²) in [6.07, 6.45) is 3.02. The fraction of sp³-hybridized carbons (Fsp3) is 0.263. The number of nitrogens with zero attached hydrogens (tertiary/aromatic N) is 1. The molecule has 3 rings (SSSR count). The van der Waals surface area contributed by atoms with Gasteiger partial charge in [0.1, 0.15) is 11.5 Å². The third kappa shape index (κ3) is 3.96. The molecule has 1 heterocycles. The van der Waals surface area contributed by atoms with Crippen molar-refractivity contribution in [2.24, 2.45) is 0 Å². The maximum atomic E-state index is 11.3. The molecular formula is C19H21NO4S. The summed E-state index contributed by atoms with van der Waals surface area (Å²) in [5.74, 6) is 0.887. The Kier molecular flexibility index (Phi) is 4.47. The van der Waals surface area contributed by atoms with Gasteiger partial charge in [-0.2, -0.15) is 8.42 Å². The zero-order valence-electron chi connectivity index (χ0n) is 14.4. The molecule has 1 unspecified atom stereocenters. The third-order valence-electron chi connectivity index (χ3n) is 4.25. The first kappa shape index (κ1) is 17.4. The van der Waals surface area contributed by atoms with E-state index in [1.165, 1.54) is 0 Å². The summed E-state index contributed by atoms with van der Waals surface area (Å²) < 4.78 is 29.6. The Hall–Kier alpha value is -2.47. The molecule has 0 spiro atoms. The predicted octanol–water partition coefficient (Wildman–Crippen LogP) is 3.80. The van der Waals surface area contributed by atoms with Gasteiger partial charge in [-0.3, -0.25) is 0 Å². The summed E-state index contributed by atoms with van der Waals surface area (Å²) in [5.41, 5.74) is 3.04. The molecule has 0 aliphatic heterocycles.